The molecule has 3 N–H and O–H groups in total. The van der Waals surface area contributed by atoms with Crippen molar-refractivity contribution in [1.82, 2.24) is 20.6 Å². The summed E-state index contributed by atoms with van der Waals surface area (Å²) in [5.41, 5.74) is 4.63. The lowest BCUT2D eigenvalue weighted by atomic mass is 10.1. The monoisotopic (exact) mass is 298 g/mol. The summed E-state index contributed by atoms with van der Waals surface area (Å²) in [5, 5.41) is 6.06. The number of H-pyrrole nitrogens is 1. The molecule has 1 unspecified atom stereocenters. The van der Waals surface area contributed by atoms with Gasteiger partial charge >= 0.3 is 0 Å². The third kappa shape index (κ3) is 3.04. The molecule has 3 rings (SSSR count). The Labute approximate surface area is 130 Å². The van der Waals surface area contributed by atoms with E-state index in [1.165, 1.54) is 11.1 Å². The number of hydrogen-bond donors (Lipinski definition) is 3. The van der Waals surface area contributed by atoms with Gasteiger partial charge in [0.1, 0.15) is 11.9 Å². The molecule has 5 nitrogen and oxygen atoms in total. The third-order valence-electron chi connectivity index (χ3n) is 4.18. The fourth-order valence-corrected chi connectivity index (χ4v) is 2.71. The Balaban J connectivity index is 1.52. The SMILES string of the molecule is Cc1ccc2[nH]c(CCCNC(=O)C3C=CCN3)nc2c1C. The van der Waals surface area contributed by atoms with Gasteiger partial charge in [0.15, 0.2) is 0 Å². The van der Waals surface area contributed by atoms with E-state index in [0.29, 0.717) is 6.54 Å². The molecule has 1 atom stereocenters. The van der Waals surface area contributed by atoms with Crippen LogP contribution < -0.4 is 10.6 Å². The first-order chi connectivity index (χ1) is 10.6. The van der Waals surface area contributed by atoms with Crippen LogP contribution in [0.4, 0.5) is 0 Å². The maximum atomic E-state index is 11.8. The van der Waals surface area contributed by atoms with Crippen LogP contribution in [0, 0.1) is 13.8 Å². The number of carbonyl (C=O) groups is 1. The zero-order valence-corrected chi connectivity index (χ0v) is 13.1. The molecule has 116 valence electrons. The van der Waals surface area contributed by atoms with Crippen molar-refractivity contribution in [2.45, 2.75) is 32.7 Å². The van der Waals surface area contributed by atoms with Crippen LogP contribution in [0.25, 0.3) is 11.0 Å². The molecule has 0 bridgehead atoms. The van der Waals surface area contributed by atoms with Crippen molar-refractivity contribution in [2.24, 2.45) is 0 Å². The van der Waals surface area contributed by atoms with Crippen molar-refractivity contribution in [2.75, 3.05) is 13.1 Å². The average molecular weight is 298 g/mol. The second kappa shape index (κ2) is 6.32. The molecular weight excluding hydrogens is 276 g/mol. The summed E-state index contributed by atoms with van der Waals surface area (Å²) < 4.78 is 0. The number of nitrogens with zero attached hydrogens (tertiary/aromatic N) is 1. The van der Waals surface area contributed by atoms with Crippen LogP contribution in [0.15, 0.2) is 24.3 Å². The molecule has 2 aromatic rings. The van der Waals surface area contributed by atoms with Gasteiger partial charge < -0.3 is 10.3 Å². The van der Waals surface area contributed by atoms with E-state index >= 15 is 0 Å². The van der Waals surface area contributed by atoms with Crippen molar-refractivity contribution < 1.29 is 4.79 Å². The number of fused-ring (bicyclic) bond motifs is 1. The Hall–Kier alpha value is -2.14. The minimum Gasteiger partial charge on any atom is -0.354 e. The minimum absolute atomic E-state index is 0.0461. The molecule has 5 heteroatoms. The lowest BCUT2D eigenvalue weighted by Gasteiger charge is -2.09. The van der Waals surface area contributed by atoms with Crippen LogP contribution in [-0.2, 0) is 11.2 Å². The number of imidazole rings is 1. The summed E-state index contributed by atoms with van der Waals surface area (Å²) in [6.07, 6.45) is 5.59. The van der Waals surface area contributed by atoms with E-state index in [1.54, 1.807) is 0 Å². The highest BCUT2D eigenvalue weighted by Crippen LogP contribution is 2.19. The van der Waals surface area contributed by atoms with Crippen molar-refractivity contribution in [1.29, 1.82) is 0 Å². The molecule has 0 saturated heterocycles. The van der Waals surface area contributed by atoms with Crippen molar-refractivity contribution in [3.05, 3.63) is 41.2 Å². The van der Waals surface area contributed by atoms with Crippen molar-refractivity contribution in [3.63, 3.8) is 0 Å². The summed E-state index contributed by atoms with van der Waals surface area (Å²) in [5.74, 6) is 1.03. The van der Waals surface area contributed by atoms with Crippen LogP contribution in [-0.4, -0.2) is 35.0 Å². The average Bonchev–Trinajstić information content (AvgIpc) is 3.16. The van der Waals surface area contributed by atoms with Gasteiger partial charge in [-0.3, -0.25) is 10.1 Å². The van der Waals surface area contributed by atoms with Gasteiger partial charge in [-0.05, 0) is 37.5 Å². The molecular formula is C17H22N4O. The largest absolute Gasteiger partial charge is 0.354 e. The van der Waals surface area contributed by atoms with E-state index in [2.05, 4.69) is 46.6 Å². The van der Waals surface area contributed by atoms with Crippen LogP contribution in [0.1, 0.15) is 23.4 Å². The highest BCUT2D eigenvalue weighted by molar-refractivity contribution is 5.84. The summed E-state index contributed by atoms with van der Waals surface area (Å²) in [6, 6.07) is 4.02. The zero-order valence-electron chi connectivity index (χ0n) is 13.1. The molecule has 0 spiro atoms. The van der Waals surface area contributed by atoms with Crippen molar-refractivity contribution in [3.8, 4) is 0 Å². The maximum Gasteiger partial charge on any atom is 0.241 e. The molecule has 0 aliphatic carbocycles. The molecule has 1 aromatic heterocycles. The number of nitrogens with one attached hydrogen (secondary N) is 3. The molecule has 2 heterocycles. The first-order valence-electron chi connectivity index (χ1n) is 7.77. The molecule has 0 fully saturated rings. The number of hydrogen-bond acceptors (Lipinski definition) is 3. The topological polar surface area (TPSA) is 69.8 Å². The molecule has 1 amide bonds. The quantitative estimate of drug-likeness (QED) is 0.582. The highest BCUT2D eigenvalue weighted by atomic mass is 16.2. The second-order valence-corrected chi connectivity index (χ2v) is 5.80. The molecule has 0 radical (unpaired) electrons. The molecule has 22 heavy (non-hydrogen) atoms. The lowest BCUT2D eigenvalue weighted by molar-refractivity contribution is -0.121. The smallest absolute Gasteiger partial charge is 0.241 e. The molecule has 1 aliphatic heterocycles. The Morgan fingerprint density at radius 2 is 2.27 bits per heavy atom. The van der Waals surface area contributed by atoms with Gasteiger partial charge in [-0.15, -0.1) is 0 Å². The van der Waals surface area contributed by atoms with E-state index in [1.807, 2.05) is 12.2 Å². The first-order valence-corrected chi connectivity index (χ1v) is 7.77. The zero-order chi connectivity index (χ0) is 15.5. The van der Waals surface area contributed by atoms with Crippen LogP contribution in [0.2, 0.25) is 0 Å². The van der Waals surface area contributed by atoms with Gasteiger partial charge in [-0.2, -0.15) is 0 Å². The normalized spacial score (nSPS) is 17.3. The Kier molecular flexibility index (Phi) is 4.24. The number of carbonyl (C=O) groups excluding carboxylic acids is 1. The Morgan fingerprint density at radius 3 is 3.05 bits per heavy atom. The first kappa shape index (κ1) is 14.8. The van der Waals surface area contributed by atoms with Crippen molar-refractivity contribution >= 4 is 16.9 Å². The highest BCUT2D eigenvalue weighted by Gasteiger charge is 2.16. The number of benzene rings is 1. The molecule has 1 aliphatic rings. The fraction of sp³-hybridized carbons (Fsp3) is 0.412. The van der Waals surface area contributed by atoms with Gasteiger partial charge in [0.05, 0.1) is 11.0 Å². The van der Waals surface area contributed by atoms with E-state index in [4.69, 9.17) is 0 Å². The number of amides is 1. The number of rotatable bonds is 5. The van der Waals surface area contributed by atoms with Gasteiger partial charge in [0, 0.05) is 19.5 Å². The van der Waals surface area contributed by atoms with E-state index in [-0.39, 0.29) is 11.9 Å². The predicted octanol–water partition coefficient (Wildman–Crippen LogP) is 1.76. The van der Waals surface area contributed by atoms with E-state index < -0.39 is 0 Å². The summed E-state index contributed by atoms with van der Waals surface area (Å²) in [4.78, 5) is 19.9. The fourth-order valence-electron chi connectivity index (χ4n) is 2.71. The van der Waals surface area contributed by atoms with Gasteiger partial charge in [-0.1, -0.05) is 18.2 Å². The summed E-state index contributed by atoms with van der Waals surface area (Å²) in [6.45, 7) is 5.64. The van der Waals surface area contributed by atoms with Gasteiger partial charge in [0.2, 0.25) is 5.91 Å². The van der Waals surface area contributed by atoms with Crippen LogP contribution in [0.3, 0.4) is 0 Å². The standard InChI is InChI=1S/C17H22N4O/c1-11-7-8-13-16(12(11)2)21-15(20-13)6-4-10-19-17(22)14-5-3-9-18-14/h3,5,7-8,14,18H,4,6,9-10H2,1-2H3,(H,19,22)(H,20,21). The number of aromatic amines is 1. The summed E-state index contributed by atoms with van der Waals surface area (Å²) in [7, 11) is 0. The predicted molar refractivity (Wildman–Crippen MR) is 87.8 cm³/mol. The van der Waals surface area contributed by atoms with Gasteiger partial charge in [0.25, 0.3) is 0 Å². The van der Waals surface area contributed by atoms with Crippen LogP contribution in [0.5, 0.6) is 0 Å². The molecule has 1 aromatic carbocycles. The minimum atomic E-state index is -0.170. The van der Waals surface area contributed by atoms with E-state index in [9.17, 15) is 4.79 Å². The summed E-state index contributed by atoms with van der Waals surface area (Å²) >= 11 is 0. The Morgan fingerprint density at radius 1 is 1.41 bits per heavy atom. The van der Waals surface area contributed by atoms with E-state index in [0.717, 1.165) is 36.2 Å². The number of aryl methyl sites for hydroxylation is 3. The Bertz CT molecular complexity index is 717. The second-order valence-electron chi connectivity index (χ2n) is 5.80. The number of aromatic nitrogens is 2. The van der Waals surface area contributed by atoms with Crippen LogP contribution >= 0.6 is 0 Å². The lowest BCUT2D eigenvalue weighted by Crippen LogP contribution is -2.40. The van der Waals surface area contributed by atoms with Gasteiger partial charge in [-0.25, -0.2) is 4.98 Å². The maximum absolute atomic E-state index is 11.8. The third-order valence-corrected chi connectivity index (χ3v) is 4.18. The molecule has 0 saturated carbocycles.